The molecule has 2 amide bonds. The van der Waals surface area contributed by atoms with Crippen LogP contribution >= 0.6 is 0 Å². The zero-order chi connectivity index (χ0) is 26.7. The van der Waals surface area contributed by atoms with Crippen LogP contribution in [0.3, 0.4) is 0 Å². The standard InChI is InChI=1S/C31H30N2O4/c1-19-5-15-27(34)25(17-19)32-29(36)21-7-11-23(12-8-21)31(3,4)24-13-9-22(10-14-24)30(37)33-26-18-20(2)6-16-28(26)35/h5-18,34-35H,1-4H3,(H,32,36)(H,33,37). The number of hydrogen-bond acceptors (Lipinski definition) is 4. The molecular weight excluding hydrogens is 464 g/mol. The predicted octanol–water partition coefficient (Wildman–Crippen LogP) is 6.55. The van der Waals surface area contributed by atoms with E-state index in [0.29, 0.717) is 22.5 Å². The minimum absolute atomic E-state index is 0.0181. The molecule has 0 atom stereocenters. The average Bonchev–Trinajstić information content (AvgIpc) is 2.88. The van der Waals surface area contributed by atoms with Gasteiger partial charge in [0.25, 0.3) is 11.8 Å². The first-order valence-corrected chi connectivity index (χ1v) is 12.0. The molecular formula is C31H30N2O4. The van der Waals surface area contributed by atoms with Gasteiger partial charge in [0.05, 0.1) is 11.4 Å². The van der Waals surface area contributed by atoms with Crippen LogP contribution in [0.4, 0.5) is 11.4 Å². The number of hydrogen-bond donors (Lipinski definition) is 4. The molecule has 4 aromatic rings. The highest BCUT2D eigenvalue weighted by molar-refractivity contribution is 6.05. The molecule has 0 spiro atoms. The van der Waals surface area contributed by atoms with Gasteiger partial charge in [-0.25, -0.2) is 0 Å². The number of phenols is 2. The van der Waals surface area contributed by atoms with Crippen molar-refractivity contribution in [3.63, 3.8) is 0 Å². The molecule has 0 saturated heterocycles. The van der Waals surface area contributed by atoms with Crippen LogP contribution in [-0.4, -0.2) is 22.0 Å². The molecule has 0 bridgehead atoms. The third-order valence-electron chi connectivity index (χ3n) is 6.54. The van der Waals surface area contributed by atoms with Crippen molar-refractivity contribution in [3.8, 4) is 11.5 Å². The molecule has 0 aliphatic heterocycles. The van der Waals surface area contributed by atoms with Crippen LogP contribution in [0.2, 0.25) is 0 Å². The maximum atomic E-state index is 12.7. The Morgan fingerprint density at radius 3 is 1.30 bits per heavy atom. The largest absolute Gasteiger partial charge is 0.506 e. The Morgan fingerprint density at radius 1 is 0.595 bits per heavy atom. The van der Waals surface area contributed by atoms with Crippen LogP contribution < -0.4 is 10.6 Å². The lowest BCUT2D eigenvalue weighted by molar-refractivity contribution is 0.101. The number of benzene rings is 4. The molecule has 0 aliphatic carbocycles. The first-order valence-electron chi connectivity index (χ1n) is 12.0. The number of aromatic hydroxyl groups is 2. The second-order valence-corrected chi connectivity index (χ2v) is 9.73. The molecule has 4 rings (SSSR count). The van der Waals surface area contributed by atoms with Crippen molar-refractivity contribution in [1.29, 1.82) is 0 Å². The number of phenolic OH excluding ortho intramolecular Hbond substituents is 2. The van der Waals surface area contributed by atoms with Gasteiger partial charge in [0.15, 0.2) is 0 Å². The minimum atomic E-state index is -0.381. The van der Waals surface area contributed by atoms with E-state index in [0.717, 1.165) is 22.3 Å². The molecule has 37 heavy (non-hydrogen) atoms. The van der Waals surface area contributed by atoms with Gasteiger partial charge in [0.2, 0.25) is 0 Å². The van der Waals surface area contributed by atoms with E-state index >= 15 is 0 Å². The van der Waals surface area contributed by atoms with Gasteiger partial charge in [-0.2, -0.15) is 0 Å². The molecule has 4 aromatic carbocycles. The number of carbonyl (C=O) groups is 2. The van der Waals surface area contributed by atoms with Crippen molar-refractivity contribution >= 4 is 23.2 Å². The molecule has 0 aromatic heterocycles. The second kappa shape index (κ2) is 10.2. The molecule has 0 fully saturated rings. The van der Waals surface area contributed by atoms with E-state index < -0.39 is 0 Å². The second-order valence-electron chi connectivity index (χ2n) is 9.73. The fourth-order valence-corrected chi connectivity index (χ4v) is 4.13. The Bertz CT molecular complexity index is 1350. The zero-order valence-electron chi connectivity index (χ0n) is 21.3. The van der Waals surface area contributed by atoms with Crippen LogP contribution in [0.25, 0.3) is 0 Å². The Hall–Kier alpha value is -4.58. The van der Waals surface area contributed by atoms with E-state index in [4.69, 9.17) is 0 Å². The number of amides is 2. The van der Waals surface area contributed by atoms with Crippen molar-refractivity contribution in [1.82, 2.24) is 0 Å². The normalized spacial score (nSPS) is 11.1. The van der Waals surface area contributed by atoms with Gasteiger partial charge in [-0.05, 0) is 84.6 Å². The van der Waals surface area contributed by atoms with E-state index in [1.807, 2.05) is 38.1 Å². The van der Waals surface area contributed by atoms with Crippen LogP contribution in [0.1, 0.15) is 56.8 Å². The zero-order valence-corrected chi connectivity index (χ0v) is 21.3. The third-order valence-corrected chi connectivity index (χ3v) is 6.54. The van der Waals surface area contributed by atoms with E-state index in [1.54, 1.807) is 60.7 Å². The topological polar surface area (TPSA) is 98.7 Å². The predicted molar refractivity (Wildman–Crippen MR) is 147 cm³/mol. The number of anilines is 2. The molecule has 0 radical (unpaired) electrons. The number of rotatable bonds is 6. The first kappa shape index (κ1) is 25.5. The summed E-state index contributed by atoms with van der Waals surface area (Å²) in [5.41, 5.74) is 5.19. The van der Waals surface area contributed by atoms with Crippen molar-refractivity contribution in [2.75, 3.05) is 10.6 Å². The smallest absolute Gasteiger partial charge is 0.255 e. The molecule has 0 unspecified atom stereocenters. The molecule has 6 nitrogen and oxygen atoms in total. The Labute approximate surface area is 216 Å². The monoisotopic (exact) mass is 494 g/mol. The van der Waals surface area contributed by atoms with Crippen molar-refractivity contribution in [3.05, 3.63) is 118 Å². The van der Waals surface area contributed by atoms with Gasteiger partial charge in [-0.15, -0.1) is 0 Å². The average molecular weight is 495 g/mol. The van der Waals surface area contributed by atoms with E-state index in [-0.39, 0.29) is 28.7 Å². The van der Waals surface area contributed by atoms with Gasteiger partial charge in [0.1, 0.15) is 11.5 Å². The maximum Gasteiger partial charge on any atom is 0.255 e. The molecule has 6 heteroatoms. The summed E-state index contributed by atoms with van der Waals surface area (Å²) in [5, 5.41) is 25.5. The summed E-state index contributed by atoms with van der Waals surface area (Å²) in [6.45, 7) is 7.93. The summed E-state index contributed by atoms with van der Waals surface area (Å²) in [4.78, 5) is 25.4. The molecule has 0 heterocycles. The van der Waals surface area contributed by atoms with Gasteiger partial charge in [0, 0.05) is 16.5 Å². The Morgan fingerprint density at radius 2 is 0.946 bits per heavy atom. The van der Waals surface area contributed by atoms with Gasteiger partial charge in [-0.1, -0.05) is 50.2 Å². The summed E-state index contributed by atoms with van der Waals surface area (Å²) in [6.07, 6.45) is 0. The lowest BCUT2D eigenvalue weighted by Gasteiger charge is -2.26. The summed E-state index contributed by atoms with van der Waals surface area (Å²) < 4.78 is 0. The van der Waals surface area contributed by atoms with E-state index in [9.17, 15) is 19.8 Å². The van der Waals surface area contributed by atoms with Crippen LogP contribution in [0.15, 0.2) is 84.9 Å². The number of aryl methyl sites for hydroxylation is 2. The quantitative estimate of drug-likeness (QED) is 0.229. The molecule has 0 aliphatic rings. The first-order chi connectivity index (χ1) is 17.5. The SMILES string of the molecule is Cc1ccc(O)c(NC(=O)c2ccc(C(C)(C)c3ccc(C(=O)Nc4cc(C)ccc4O)cc3)cc2)c1. The fourth-order valence-electron chi connectivity index (χ4n) is 4.13. The highest BCUT2D eigenvalue weighted by Gasteiger charge is 2.24. The fraction of sp³-hybridized carbons (Fsp3) is 0.161. The highest BCUT2D eigenvalue weighted by atomic mass is 16.3. The molecule has 4 N–H and O–H groups in total. The Balaban J connectivity index is 1.47. The lowest BCUT2D eigenvalue weighted by Crippen LogP contribution is -2.20. The number of nitrogens with one attached hydrogen (secondary N) is 2. The van der Waals surface area contributed by atoms with E-state index in [2.05, 4.69) is 24.5 Å². The summed E-state index contributed by atoms with van der Waals surface area (Å²) in [5.74, 6) is -0.574. The van der Waals surface area contributed by atoms with E-state index in [1.165, 1.54) is 0 Å². The lowest BCUT2D eigenvalue weighted by atomic mass is 9.77. The van der Waals surface area contributed by atoms with Crippen LogP contribution in [-0.2, 0) is 5.41 Å². The summed E-state index contributed by atoms with van der Waals surface area (Å²) in [7, 11) is 0. The molecule has 0 saturated carbocycles. The van der Waals surface area contributed by atoms with Crippen molar-refractivity contribution in [2.45, 2.75) is 33.1 Å². The highest BCUT2D eigenvalue weighted by Crippen LogP contribution is 2.32. The minimum Gasteiger partial charge on any atom is -0.506 e. The Kier molecular flexibility index (Phi) is 7.02. The van der Waals surface area contributed by atoms with Crippen LogP contribution in [0, 0.1) is 13.8 Å². The van der Waals surface area contributed by atoms with Gasteiger partial charge >= 0.3 is 0 Å². The number of carbonyl (C=O) groups excluding carboxylic acids is 2. The summed E-state index contributed by atoms with van der Waals surface area (Å²) in [6, 6.07) is 24.8. The van der Waals surface area contributed by atoms with Crippen molar-refractivity contribution in [2.24, 2.45) is 0 Å². The third kappa shape index (κ3) is 5.64. The van der Waals surface area contributed by atoms with Crippen LogP contribution in [0.5, 0.6) is 11.5 Å². The summed E-state index contributed by atoms with van der Waals surface area (Å²) >= 11 is 0. The van der Waals surface area contributed by atoms with Gasteiger partial charge < -0.3 is 20.8 Å². The van der Waals surface area contributed by atoms with Crippen molar-refractivity contribution < 1.29 is 19.8 Å². The maximum absolute atomic E-state index is 12.7. The van der Waals surface area contributed by atoms with Gasteiger partial charge in [-0.3, -0.25) is 9.59 Å². The molecule has 188 valence electrons.